The van der Waals surface area contributed by atoms with Gasteiger partial charge in [-0.3, -0.25) is 9.78 Å². The van der Waals surface area contributed by atoms with E-state index >= 15 is 0 Å². The van der Waals surface area contributed by atoms with Crippen molar-refractivity contribution in [3.05, 3.63) is 60.4 Å². The molecule has 2 rings (SSSR count). The highest BCUT2D eigenvalue weighted by Gasteiger charge is 2.11. The molecule has 1 atom stereocenters. The van der Waals surface area contributed by atoms with Gasteiger partial charge in [0.05, 0.1) is 19.4 Å². The van der Waals surface area contributed by atoms with Crippen molar-refractivity contribution in [2.24, 2.45) is 5.92 Å². The fraction of sp³-hybridized carbons (Fsp3) is 0.455. The molecule has 1 aromatic carbocycles. The van der Waals surface area contributed by atoms with Gasteiger partial charge in [-0.05, 0) is 42.9 Å². The van der Waals surface area contributed by atoms with Crippen LogP contribution < -0.4 is 4.74 Å². The second-order valence-electron chi connectivity index (χ2n) is 6.66. The summed E-state index contributed by atoms with van der Waals surface area (Å²) < 4.78 is 11.4. The van der Waals surface area contributed by atoms with Crippen molar-refractivity contribution in [1.29, 1.82) is 0 Å². The lowest BCUT2D eigenvalue weighted by Crippen LogP contribution is -2.10. The number of benzene rings is 1. The van der Waals surface area contributed by atoms with Crippen molar-refractivity contribution >= 4 is 5.97 Å². The number of nitrogens with zero attached hydrogens (tertiary/aromatic N) is 1. The van der Waals surface area contributed by atoms with E-state index in [-0.39, 0.29) is 6.42 Å². The number of carboxylic acids is 1. The quantitative estimate of drug-likeness (QED) is 0.487. The average molecular weight is 371 g/mol. The van der Waals surface area contributed by atoms with Crippen LogP contribution in [0.1, 0.15) is 44.1 Å². The molecule has 5 heteroatoms. The van der Waals surface area contributed by atoms with Gasteiger partial charge < -0.3 is 14.6 Å². The molecule has 0 saturated carbocycles. The molecule has 2 aromatic rings. The van der Waals surface area contributed by atoms with Crippen molar-refractivity contribution in [1.82, 2.24) is 4.98 Å². The van der Waals surface area contributed by atoms with Gasteiger partial charge in [-0.1, -0.05) is 43.2 Å². The third kappa shape index (κ3) is 9.75. The minimum Gasteiger partial charge on any atom is -0.492 e. The number of aliphatic carboxylic acids is 1. The van der Waals surface area contributed by atoms with Crippen molar-refractivity contribution in [3.8, 4) is 5.75 Å². The van der Waals surface area contributed by atoms with Gasteiger partial charge in [0.15, 0.2) is 0 Å². The van der Waals surface area contributed by atoms with Gasteiger partial charge >= 0.3 is 5.97 Å². The van der Waals surface area contributed by atoms with Gasteiger partial charge in [-0.2, -0.15) is 0 Å². The molecule has 27 heavy (non-hydrogen) atoms. The van der Waals surface area contributed by atoms with Crippen LogP contribution in [0.5, 0.6) is 5.75 Å². The third-order valence-electron chi connectivity index (χ3n) is 4.46. The van der Waals surface area contributed by atoms with Crippen LogP contribution >= 0.6 is 0 Å². The Hall–Kier alpha value is -2.40. The molecule has 0 amide bonds. The lowest BCUT2D eigenvalue weighted by molar-refractivity contribution is -0.137. The Balaban J connectivity index is 1.61. The molecule has 1 heterocycles. The Bertz CT molecular complexity index is 633. The number of ether oxygens (including phenoxy) is 2. The van der Waals surface area contributed by atoms with E-state index in [1.165, 1.54) is 5.56 Å². The summed E-state index contributed by atoms with van der Waals surface area (Å²) in [4.78, 5) is 14.9. The first-order chi connectivity index (χ1) is 13.2. The Morgan fingerprint density at radius 1 is 1.00 bits per heavy atom. The molecule has 0 fully saturated rings. The Labute approximate surface area is 161 Å². The maximum Gasteiger partial charge on any atom is 0.303 e. The van der Waals surface area contributed by atoms with Gasteiger partial charge in [0.1, 0.15) is 5.75 Å². The summed E-state index contributed by atoms with van der Waals surface area (Å²) in [6.07, 6.45) is 8.18. The minimum absolute atomic E-state index is 0.210. The molecule has 0 spiro atoms. The smallest absolute Gasteiger partial charge is 0.303 e. The fourth-order valence-corrected chi connectivity index (χ4v) is 2.94. The van der Waals surface area contributed by atoms with Crippen molar-refractivity contribution in [2.45, 2.75) is 45.1 Å². The van der Waals surface area contributed by atoms with E-state index in [1.54, 1.807) is 12.4 Å². The number of hydrogen-bond acceptors (Lipinski definition) is 4. The lowest BCUT2D eigenvalue weighted by Gasteiger charge is -2.16. The van der Waals surface area contributed by atoms with E-state index < -0.39 is 5.97 Å². The summed E-state index contributed by atoms with van der Waals surface area (Å²) >= 11 is 0. The predicted octanol–water partition coefficient (Wildman–Crippen LogP) is 4.72. The van der Waals surface area contributed by atoms with Crippen LogP contribution in [0.25, 0.3) is 0 Å². The van der Waals surface area contributed by atoms with Crippen molar-refractivity contribution < 1.29 is 19.4 Å². The molecule has 1 aromatic heterocycles. The summed E-state index contributed by atoms with van der Waals surface area (Å²) in [6.45, 7) is 1.95. The molecular weight excluding hydrogens is 342 g/mol. The molecule has 1 unspecified atom stereocenters. The SMILES string of the molecule is O=C(O)CCC(CCCCOCc1ccccc1)CCOc1cccnc1. The van der Waals surface area contributed by atoms with Gasteiger partial charge in [0.25, 0.3) is 0 Å². The van der Waals surface area contributed by atoms with Crippen molar-refractivity contribution in [2.75, 3.05) is 13.2 Å². The normalized spacial score (nSPS) is 11.9. The van der Waals surface area contributed by atoms with Crippen LogP contribution in [0, 0.1) is 5.92 Å². The van der Waals surface area contributed by atoms with E-state index in [4.69, 9.17) is 14.6 Å². The highest BCUT2D eigenvalue weighted by Crippen LogP contribution is 2.20. The molecule has 1 N–H and O–H groups in total. The topological polar surface area (TPSA) is 68.7 Å². The highest BCUT2D eigenvalue weighted by molar-refractivity contribution is 5.66. The largest absolute Gasteiger partial charge is 0.492 e. The molecule has 146 valence electrons. The standard InChI is InChI=1S/C22H29NO4/c24-22(25)12-11-19(13-16-27-21-10-6-14-23-17-21)7-4-5-15-26-18-20-8-2-1-3-9-20/h1-3,6,8-10,14,17,19H,4-5,7,11-13,15-16,18H2,(H,24,25). The zero-order valence-corrected chi connectivity index (χ0v) is 15.8. The predicted molar refractivity (Wildman–Crippen MR) is 105 cm³/mol. The third-order valence-corrected chi connectivity index (χ3v) is 4.46. The van der Waals surface area contributed by atoms with E-state index in [9.17, 15) is 4.79 Å². The van der Waals surface area contributed by atoms with E-state index in [2.05, 4.69) is 17.1 Å². The first kappa shape index (κ1) is 20.9. The molecule has 5 nitrogen and oxygen atoms in total. The summed E-state index contributed by atoms with van der Waals surface area (Å²) in [5.74, 6) is 0.370. The number of unbranched alkanes of at least 4 members (excludes halogenated alkanes) is 1. The number of carbonyl (C=O) groups is 1. The summed E-state index contributed by atoms with van der Waals surface area (Å²) in [5.41, 5.74) is 1.18. The average Bonchev–Trinajstić information content (AvgIpc) is 2.69. The maximum absolute atomic E-state index is 10.9. The van der Waals surface area contributed by atoms with Crippen LogP contribution in [-0.4, -0.2) is 29.3 Å². The van der Waals surface area contributed by atoms with E-state index in [0.29, 0.717) is 25.6 Å². The summed E-state index contributed by atoms with van der Waals surface area (Å²) in [6, 6.07) is 13.9. The molecule has 0 aliphatic heterocycles. The minimum atomic E-state index is -0.737. The summed E-state index contributed by atoms with van der Waals surface area (Å²) in [5, 5.41) is 8.96. The van der Waals surface area contributed by atoms with E-state index in [1.807, 2.05) is 30.3 Å². The molecule has 0 bridgehead atoms. The lowest BCUT2D eigenvalue weighted by atomic mass is 9.94. The van der Waals surface area contributed by atoms with Crippen LogP contribution in [0.15, 0.2) is 54.9 Å². The van der Waals surface area contributed by atoms with Crippen LogP contribution in [0.3, 0.4) is 0 Å². The fourth-order valence-electron chi connectivity index (χ4n) is 2.94. The highest BCUT2D eigenvalue weighted by atomic mass is 16.5. The number of rotatable bonds is 14. The zero-order valence-electron chi connectivity index (χ0n) is 15.8. The Morgan fingerprint density at radius 3 is 2.59 bits per heavy atom. The van der Waals surface area contributed by atoms with Gasteiger partial charge in [-0.15, -0.1) is 0 Å². The molecular formula is C22H29NO4. The monoisotopic (exact) mass is 371 g/mol. The van der Waals surface area contributed by atoms with Gasteiger partial charge in [0.2, 0.25) is 0 Å². The van der Waals surface area contributed by atoms with E-state index in [0.717, 1.165) is 38.0 Å². The second kappa shape index (κ2) is 12.9. The van der Waals surface area contributed by atoms with Gasteiger partial charge in [-0.25, -0.2) is 0 Å². The van der Waals surface area contributed by atoms with Crippen LogP contribution in [0.2, 0.25) is 0 Å². The first-order valence-corrected chi connectivity index (χ1v) is 9.60. The molecule has 0 radical (unpaired) electrons. The summed E-state index contributed by atoms with van der Waals surface area (Å²) in [7, 11) is 0. The Kier molecular flexibility index (Phi) is 9.97. The number of hydrogen-bond donors (Lipinski definition) is 1. The molecule has 0 aliphatic rings. The first-order valence-electron chi connectivity index (χ1n) is 9.60. The second-order valence-corrected chi connectivity index (χ2v) is 6.66. The molecule has 0 saturated heterocycles. The van der Waals surface area contributed by atoms with Gasteiger partial charge in [0, 0.05) is 19.2 Å². The zero-order chi connectivity index (χ0) is 19.2. The van der Waals surface area contributed by atoms with Crippen molar-refractivity contribution in [3.63, 3.8) is 0 Å². The molecule has 0 aliphatic carbocycles. The van der Waals surface area contributed by atoms with Crippen LogP contribution in [-0.2, 0) is 16.1 Å². The number of aromatic nitrogens is 1. The number of pyridine rings is 1. The van der Waals surface area contributed by atoms with Crippen LogP contribution in [0.4, 0.5) is 0 Å². The Morgan fingerprint density at radius 2 is 1.85 bits per heavy atom. The number of carboxylic acid groups (broad SMARTS) is 1. The maximum atomic E-state index is 10.9.